The number of carboxylic acid groups (broad SMARTS) is 1. The molecular formula is C25H26F2N2O5. The van der Waals surface area contributed by atoms with Crippen molar-refractivity contribution in [2.75, 3.05) is 19.7 Å². The molecule has 0 saturated carbocycles. The summed E-state index contributed by atoms with van der Waals surface area (Å²) in [6.07, 6.45) is -1.67. The number of fused-ring (bicyclic) bond motifs is 3. The van der Waals surface area contributed by atoms with Crippen LogP contribution in [0.4, 0.5) is 13.6 Å². The summed E-state index contributed by atoms with van der Waals surface area (Å²) in [5, 5.41) is 11.8. The van der Waals surface area contributed by atoms with Crippen LogP contribution in [0.1, 0.15) is 37.3 Å². The van der Waals surface area contributed by atoms with Gasteiger partial charge in [-0.15, -0.1) is 0 Å². The van der Waals surface area contributed by atoms with Gasteiger partial charge in [0, 0.05) is 18.9 Å². The first-order valence-corrected chi connectivity index (χ1v) is 11.0. The normalized spacial score (nSPS) is 18.8. The van der Waals surface area contributed by atoms with E-state index in [-0.39, 0.29) is 19.1 Å². The van der Waals surface area contributed by atoms with Gasteiger partial charge in [0.1, 0.15) is 12.6 Å². The second-order valence-corrected chi connectivity index (χ2v) is 9.41. The van der Waals surface area contributed by atoms with Crippen molar-refractivity contribution >= 4 is 18.0 Å². The van der Waals surface area contributed by atoms with Crippen LogP contribution >= 0.6 is 0 Å². The molecule has 1 atom stereocenters. The Bertz CT molecular complexity index is 1090. The lowest BCUT2D eigenvalue weighted by Crippen LogP contribution is -2.50. The van der Waals surface area contributed by atoms with Gasteiger partial charge in [-0.3, -0.25) is 4.79 Å². The molecule has 2 aromatic rings. The highest BCUT2D eigenvalue weighted by Gasteiger charge is 2.52. The number of carbonyl (C=O) groups excluding carboxylic acids is 2. The third-order valence-corrected chi connectivity index (χ3v) is 6.41. The number of ether oxygens (including phenoxy) is 1. The summed E-state index contributed by atoms with van der Waals surface area (Å²) in [7, 11) is 0. The molecule has 9 heteroatoms. The number of hydrogen-bond acceptors (Lipinski definition) is 4. The van der Waals surface area contributed by atoms with Crippen molar-refractivity contribution in [2.45, 2.75) is 38.2 Å². The highest BCUT2D eigenvalue weighted by Crippen LogP contribution is 2.44. The van der Waals surface area contributed by atoms with E-state index in [4.69, 9.17) is 4.74 Å². The summed E-state index contributed by atoms with van der Waals surface area (Å²) in [6, 6.07) is 14.2. The molecule has 1 aliphatic carbocycles. The average Bonchev–Trinajstić information content (AvgIpc) is 3.30. The largest absolute Gasteiger partial charge is 0.480 e. The molecule has 2 N–H and O–H groups in total. The van der Waals surface area contributed by atoms with E-state index in [1.54, 1.807) is 0 Å². The molecule has 1 heterocycles. The third-order valence-electron chi connectivity index (χ3n) is 6.41. The summed E-state index contributed by atoms with van der Waals surface area (Å²) < 4.78 is 33.0. The molecule has 0 spiro atoms. The number of nitrogens with one attached hydrogen (secondary N) is 1. The first kappa shape index (κ1) is 23.7. The van der Waals surface area contributed by atoms with Crippen molar-refractivity contribution in [3.63, 3.8) is 0 Å². The Morgan fingerprint density at radius 2 is 1.65 bits per heavy atom. The molecular weight excluding hydrogens is 446 g/mol. The fourth-order valence-corrected chi connectivity index (χ4v) is 4.66. The lowest BCUT2D eigenvalue weighted by atomic mass is 9.91. The Balaban J connectivity index is 1.37. The third kappa shape index (κ3) is 4.47. The standard InChI is InChI=1S/C25H26F2N2O5/c1-24(2,22(32)29-14-25(26,27)11-20(29)21(30)31)13-28-23(33)34-12-19-17-9-5-3-7-15(17)16-8-4-6-10-18(16)19/h3-10,19-20H,11-14H2,1-2H3,(H,28,33)(H,30,31)/t20-/m1/s1. The van der Waals surface area contributed by atoms with Crippen LogP contribution in [0.25, 0.3) is 11.1 Å². The molecule has 0 aromatic heterocycles. The number of likely N-dealkylation sites (tertiary alicyclic amines) is 1. The maximum atomic E-state index is 13.8. The summed E-state index contributed by atoms with van der Waals surface area (Å²) in [4.78, 5) is 37.3. The predicted molar refractivity (Wildman–Crippen MR) is 120 cm³/mol. The number of aliphatic carboxylic acids is 1. The van der Waals surface area contributed by atoms with Crippen LogP contribution in [0, 0.1) is 5.41 Å². The Hall–Kier alpha value is -3.49. The van der Waals surface area contributed by atoms with Gasteiger partial charge in [-0.2, -0.15) is 0 Å². The van der Waals surface area contributed by atoms with Gasteiger partial charge in [0.05, 0.1) is 12.0 Å². The Kier molecular flexibility index (Phi) is 6.05. The fourth-order valence-electron chi connectivity index (χ4n) is 4.66. The van der Waals surface area contributed by atoms with Gasteiger partial charge in [0.25, 0.3) is 5.92 Å². The molecule has 2 aliphatic rings. The van der Waals surface area contributed by atoms with Crippen molar-refractivity contribution in [3.8, 4) is 11.1 Å². The van der Waals surface area contributed by atoms with E-state index < -0.39 is 48.3 Å². The minimum Gasteiger partial charge on any atom is -0.480 e. The van der Waals surface area contributed by atoms with Crippen molar-refractivity contribution in [2.24, 2.45) is 5.41 Å². The lowest BCUT2D eigenvalue weighted by Gasteiger charge is -2.31. The number of alkyl carbamates (subject to hydrolysis) is 1. The first-order valence-electron chi connectivity index (χ1n) is 11.0. The van der Waals surface area contributed by atoms with Crippen molar-refractivity contribution in [1.82, 2.24) is 10.2 Å². The van der Waals surface area contributed by atoms with Crippen molar-refractivity contribution in [3.05, 3.63) is 59.7 Å². The molecule has 2 aromatic carbocycles. The minimum atomic E-state index is -3.27. The van der Waals surface area contributed by atoms with Crippen LogP contribution in [0.5, 0.6) is 0 Å². The van der Waals surface area contributed by atoms with Gasteiger partial charge in [-0.05, 0) is 36.1 Å². The Labute approximate surface area is 195 Å². The summed E-state index contributed by atoms with van der Waals surface area (Å²) in [5.41, 5.74) is 2.99. The van der Waals surface area contributed by atoms with Gasteiger partial charge < -0.3 is 20.1 Å². The van der Waals surface area contributed by atoms with Crippen LogP contribution in [0.3, 0.4) is 0 Å². The maximum Gasteiger partial charge on any atom is 0.407 e. The van der Waals surface area contributed by atoms with Gasteiger partial charge in [0.2, 0.25) is 5.91 Å². The number of hydrogen-bond donors (Lipinski definition) is 2. The van der Waals surface area contributed by atoms with E-state index >= 15 is 0 Å². The van der Waals surface area contributed by atoms with Crippen molar-refractivity contribution < 1.29 is 33.0 Å². The number of carbonyl (C=O) groups is 3. The molecule has 4 rings (SSSR count). The molecule has 0 unspecified atom stereocenters. The monoisotopic (exact) mass is 472 g/mol. The van der Waals surface area contributed by atoms with Crippen LogP contribution < -0.4 is 5.32 Å². The molecule has 1 aliphatic heterocycles. The highest BCUT2D eigenvalue weighted by molar-refractivity contribution is 5.88. The SMILES string of the molecule is CC(C)(CNC(=O)OCC1c2ccccc2-c2ccccc21)C(=O)N1CC(F)(F)C[C@@H]1C(=O)O. The van der Waals surface area contributed by atoms with Crippen LogP contribution in [0.2, 0.25) is 0 Å². The van der Waals surface area contributed by atoms with Gasteiger partial charge in [-0.1, -0.05) is 48.5 Å². The van der Waals surface area contributed by atoms with E-state index in [1.165, 1.54) is 13.8 Å². The van der Waals surface area contributed by atoms with Gasteiger partial charge in [0.15, 0.2) is 0 Å². The summed E-state index contributed by atoms with van der Waals surface area (Å²) in [6.45, 7) is 1.87. The Morgan fingerprint density at radius 1 is 1.09 bits per heavy atom. The molecule has 180 valence electrons. The van der Waals surface area contributed by atoms with Gasteiger partial charge in [-0.25, -0.2) is 18.4 Å². The smallest absolute Gasteiger partial charge is 0.407 e. The number of halogens is 2. The van der Waals surface area contributed by atoms with E-state index in [0.29, 0.717) is 4.90 Å². The number of nitrogens with zero attached hydrogens (tertiary/aromatic N) is 1. The topological polar surface area (TPSA) is 95.9 Å². The number of benzene rings is 2. The maximum absolute atomic E-state index is 13.8. The zero-order valence-corrected chi connectivity index (χ0v) is 18.9. The zero-order valence-electron chi connectivity index (χ0n) is 18.9. The summed E-state index contributed by atoms with van der Waals surface area (Å²) >= 11 is 0. The fraction of sp³-hybridized carbons (Fsp3) is 0.400. The molecule has 1 saturated heterocycles. The number of carboxylic acids is 1. The number of amides is 2. The summed E-state index contributed by atoms with van der Waals surface area (Å²) in [5.74, 6) is -5.65. The average molecular weight is 472 g/mol. The molecule has 34 heavy (non-hydrogen) atoms. The predicted octanol–water partition coefficient (Wildman–Crippen LogP) is 3.87. The van der Waals surface area contributed by atoms with Crippen LogP contribution in [-0.4, -0.2) is 59.6 Å². The van der Waals surface area contributed by atoms with E-state index in [0.717, 1.165) is 22.3 Å². The molecule has 7 nitrogen and oxygen atoms in total. The quantitative estimate of drug-likeness (QED) is 0.666. The number of alkyl halides is 2. The minimum absolute atomic E-state index is 0.0909. The van der Waals surface area contributed by atoms with Crippen molar-refractivity contribution in [1.29, 1.82) is 0 Å². The number of rotatable bonds is 6. The molecule has 2 amide bonds. The van der Waals surface area contributed by atoms with Crippen LogP contribution in [-0.2, 0) is 14.3 Å². The van der Waals surface area contributed by atoms with E-state index in [2.05, 4.69) is 5.32 Å². The first-order chi connectivity index (χ1) is 16.0. The van der Waals surface area contributed by atoms with Crippen LogP contribution in [0.15, 0.2) is 48.5 Å². The molecule has 0 bridgehead atoms. The lowest BCUT2D eigenvalue weighted by molar-refractivity contribution is -0.152. The second kappa shape index (κ2) is 8.70. The van der Waals surface area contributed by atoms with E-state index in [1.807, 2.05) is 48.5 Å². The van der Waals surface area contributed by atoms with Gasteiger partial charge >= 0.3 is 12.1 Å². The molecule has 1 fully saturated rings. The Morgan fingerprint density at radius 3 is 2.21 bits per heavy atom. The highest BCUT2D eigenvalue weighted by atomic mass is 19.3. The second-order valence-electron chi connectivity index (χ2n) is 9.41. The molecule has 0 radical (unpaired) electrons. The van der Waals surface area contributed by atoms with E-state index in [9.17, 15) is 28.3 Å². The zero-order chi connectivity index (χ0) is 24.7.